The third-order valence-electron chi connectivity index (χ3n) is 3.56. The molecule has 0 saturated heterocycles. The molecule has 1 aromatic rings. The normalized spacial score (nSPS) is 12.2. The maximum atomic E-state index is 12.4. The van der Waals surface area contributed by atoms with Crippen LogP contribution in [0.25, 0.3) is 0 Å². The SMILES string of the molecule is CCC(C(=O)Nc1ccccc1CC(=O)O)N(CC)CC. The van der Waals surface area contributed by atoms with Crippen molar-refractivity contribution in [3.05, 3.63) is 29.8 Å². The summed E-state index contributed by atoms with van der Waals surface area (Å²) < 4.78 is 0. The largest absolute Gasteiger partial charge is 0.481 e. The molecule has 0 saturated carbocycles. The zero-order chi connectivity index (χ0) is 15.8. The van der Waals surface area contributed by atoms with Crippen molar-refractivity contribution >= 4 is 17.6 Å². The van der Waals surface area contributed by atoms with E-state index in [1.54, 1.807) is 24.3 Å². The average Bonchev–Trinajstić information content (AvgIpc) is 2.45. The Hall–Kier alpha value is -1.88. The first-order chi connectivity index (χ1) is 10.0. The van der Waals surface area contributed by atoms with E-state index in [1.165, 1.54) is 0 Å². The number of rotatable bonds is 8. The van der Waals surface area contributed by atoms with E-state index in [1.807, 2.05) is 20.8 Å². The lowest BCUT2D eigenvalue weighted by molar-refractivity contribution is -0.136. The van der Waals surface area contributed by atoms with Crippen molar-refractivity contribution in [2.24, 2.45) is 0 Å². The number of amides is 1. The highest BCUT2D eigenvalue weighted by Crippen LogP contribution is 2.17. The van der Waals surface area contributed by atoms with Crippen molar-refractivity contribution in [3.63, 3.8) is 0 Å². The summed E-state index contributed by atoms with van der Waals surface area (Å²) in [5.74, 6) is -0.994. The number of nitrogens with one attached hydrogen (secondary N) is 1. The van der Waals surface area contributed by atoms with Crippen LogP contribution in [0, 0.1) is 0 Å². The number of para-hydroxylation sites is 1. The molecular weight excluding hydrogens is 268 g/mol. The third kappa shape index (κ3) is 4.86. The molecule has 1 rings (SSSR count). The van der Waals surface area contributed by atoms with E-state index >= 15 is 0 Å². The van der Waals surface area contributed by atoms with Gasteiger partial charge in [0.15, 0.2) is 0 Å². The molecule has 2 N–H and O–H groups in total. The Kier molecular flexibility index (Phi) is 6.88. The van der Waals surface area contributed by atoms with E-state index in [9.17, 15) is 9.59 Å². The van der Waals surface area contributed by atoms with E-state index in [0.717, 1.165) is 13.1 Å². The summed E-state index contributed by atoms with van der Waals surface area (Å²) in [7, 11) is 0. The topological polar surface area (TPSA) is 69.6 Å². The van der Waals surface area contributed by atoms with Gasteiger partial charge in [-0.15, -0.1) is 0 Å². The summed E-state index contributed by atoms with van der Waals surface area (Å²) in [6.07, 6.45) is 0.618. The number of carboxylic acid groups (broad SMARTS) is 1. The second-order valence-electron chi connectivity index (χ2n) is 4.86. The number of hydrogen-bond donors (Lipinski definition) is 2. The van der Waals surface area contributed by atoms with Crippen molar-refractivity contribution in [1.29, 1.82) is 0 Å². The molecule has 21 heavy (non-hydrogen) atoms. The van der Waals surface area contributed by atoms with Crippen LogP contribution in [0.1, 0.15) is 32.8 Å². The molecule has 1 unspecified atom stereocenters. The van der Waals surface area contributed by atoms with Gasteiger partial charge in [0.25, 0.3) is 0 Å². The van der Waals surface area contributed by atoms with Gasteiger partial charge in [-0.2, -0.15) is 0 Å². The minimum atomic E-state index is -0.910. The summed E-state index contributed by atoms with van der Waals surface area (Å²) in [6.45, 7) is 7.64. The molecule has 1 atom stereocenters. The van der Waals surface area contributed by atoms with Gasteiger partial charge in [-0.05, 0) is 31.1 Å². The predicted octanol–water partition coefficient (Wildman–Crippen LogP) is 2.37. The highest BCUT2D eigenvalue weighted by atomic mass is 16.4. The summed E-state index contributed by atoms with van der Waals surface area (Å²) in [4.78, 5) is 25.4. The molecule has 0 aliphatic heterocycles. The lowest BCUT2D eigenvalue weighted by Gasteiger charge is -2.27. The summed E-state index contributed by atoms with van der Waals surface area (Å²) in [5, 5.41) is 11.8. The fourth-order valence-electron chi connectivity index (χ4n) is 2.45. The van der Waals surface area contributed by atoms with Gasteiger partial charge in [-0.1, -0.05) is 39.0 Å². The van der Waals surface area contributed by atoms with Crippen LogP contribution in [-0.2, 0) is 16.0 Å². The fraction of sp³-hybridized carbons (Fsp3) is 0.500. The number of benzene rings is 1. The Balaban J connectivity index is 2.89. The van der Waals surface area contributed by atoms with Gasteiger partial charge in [0.05, 0.1) is 12.5 Å². The molecule has 116 valence electrons. The van der Waals surface area contributed by atoms with Gasteiger partial charge in [0.2, 0.25) is 5.91 Å². The first-order valence-corrected chi connectivity index (χ1v) is 7.38. The van der Waals surface area contributed by atoms with E-state index in [4.69, 9.17) is 5.11 Å². The van der Waals surface area contributed by atoms with Crippen LogP contribution in [0.5, 0.6) is 0 Å². The number of carbonyl (C=O) groups is 2. The first kappa shape index (κ1) is 17.2. The summed E-state index contributed by atoms with van der Waals surface area (Å²) in [5.41, 5.74) is 1.20. The number of likely N-dealkylation sites (N-methyl/N-ethyl adjacent to an activating group) is 1. The smallest absolute Gasteiger partial charge is 0.307 e. The third-order valence-corrected chi connectivity index (χ3v) is 3.56. The van der Waals surface area contributed by atoms with Crippen LogP contribution in [0.2, 0.25) is 0 Å². The highest BCUT2D eigenvalue weighted by molar-refractivity contribution is 5.96. The Labute approximate surface area is 126 Å². The average molecular weight is 292 g/mol. The minimum Gasteiger partial charge on any atom is -0.481 e. The van der Waals surface area contributed by atoms with Crippen LogP contribution < -0.4 is 5.32 Å². The Morgan fingerprint density at radius 3 is 2.33 bits per heavy atom. The standard InChI is InChI=1S/C16H24N2O3/c1-4-14(18(5-2)6-3)16(21)17-13-10-8-7-9-12(13)11-15(19)20/h7-10,14H,4-6,11H2,1-3H3,(H,17,21)(H,19,20). The highest BCUT2D eigenvalue weighted by Gasteiger charge is 2.22. The van der Waals surface area contributed by atoms with E-state index in [2.05, 4.69) is 10.2 Å². The molecule has 0 fully saturated rings. The number of hydrogen-bond acceptors (Lipinski definition) is 3. The van der Waals surface area contributed by atoms with Crippen LogP contribution in [0.3, 0.4) is 0 Å². The number of carbonyl (C=O) groups excluding carboxylic acids is 1. The van der Waals surface area contributed by atoms with Gasteiger partial charge in [-0.3, -0.25) is 14.5 Å². The Bertz CT molecular complexity index is 484. The number of carboxylic acids is 1. The molecule has 0 aliphatic rings. The molecule has 0 radical (unpaired) electrons. The van der Waals surface area contributed by atoms with Crippen molar-refractivity contribution in [2.75, 3.05) is 18.4 Å². The van der Waals surface area contributed by atoms with Crippen LogP contribution in [0.4, 0.5) is 5.69 Å². The lowest BCUT2D eigenvalue weighted by Crippen LogP contribution is -2.43. The van der Waals surface area contributed by atoms with Crippen molar-refractivity contribution in [1.82, 2.24) is 4.90 Å². The molecule has 1 amide bonds. The summed E-state index contributed by atoms with van der Waals surface area (Å²) >= 11 is 0. The first-order valence-electron chi connectivity index (χ1n) is 7.38. The van der Waals surface area contributed by atoms with Crippen molar-refractivity contribution < 1.29 is 14.7 Å². The molecule has 1 aromatic carbocycles. The fourth-order valence-corrected chi connectivity index (χ4v) is 2.45. The maximum Gasteiger partial charge on any atom is 0.307 e. The lowest BCUT2D eigenvalue weighted by atomic mass is 10.1. The van der Waals surface area contributed by atoms with E-state index in [-0.39, 0.29) is 18.4 Å². The predicted molar refractivity (Wildman–Crippen MR) is 83.4 cm³/mol. The molecule has 0 bridgehead atoms. The molecule has 0 aliphatic carbocycles. The van der Waals surface area contributed by atoms with Gasteiger partial charge in [0.1, 0.15) is 0 Å². The van der Waals surface area contributed by atoms with Crippen LogP contribution in [-0.4, -0.2) is 41.0 Å². The van der Waals surface area contributed by atoms with E-state index < -0.39 is 5.97 Å². The van der Waals surface area contributed by atoms with Crippen LogP contribution in [0.15, 0.2) is 24.3 Å². The van der Waals surface area contributed by atoms with Gasteiger partial charge in [0, 0.05) is 5.69 Å². The number of anilines is 1. The van der Waals surface area contributed by atoms with Crippen LogP contribution >= 0.6 is 0 Å². The van der Waals surface area contributed by atoms with Gasteiger partial charge < -0.3 is 10.4 Å². The number of aliphatic carboxylic acids is 1. The van der Waals surface area contributed by atoms with Gasteiger partial charge in [-0.25, -0.2) is 0 Å². The Morgan fingerprint density at radius 1 is 1.19 bits per heavy atom. The quantitative estimate of drug-likeness (QED) is 0.772. The maximum absolute atomic E-state index is 12.4. The molecule has 0 heterocycles. The number of nitrogens with zero attached hydrogens (tertiary/aromatic N) is 1. The zero-order valence-electron chi connectivity index (χ0n) is 12.9. The van der Waals surface area contributed by atoms with E-state index in [0.29, 0.717) is 17.7 Å². The zero-order valence-corrected chi connectivity index (χ0v) is 12.9. The second-order valence-corrected chi connectivity index (χ2v) is 4.86. The van der Waals surface area contributed by atoms with Gasteiger partial charge >= 0.3 is 5.97 Å². The van der Waals surface area contributed by atoms with Crippen molar-refractivity contribution in [2.45, 2.75) is 39.7 Å². The molecule has 5 heteroatoms. The van der Waals surface area contributed by atoms with Crippen molar-refractivity contribution in [3.8, 4) is 0 Å². The molecule has 0 spiro atoms. The molecule has 5 nitrogen and oxygen atoms in total. The minimum absolute atomic E-state index is 0.0842. The molecule has 0 aromatic heterocycles. The molecular formula is C16H24N2O3. The Morgan fingerprint density at radius 2 is 1.81 bits per heavy atom. The monoisotopic (exact) mass is 292 g/mol. The second kappa shape index (κ2) is 8.42. The summed E-state index contributed by atoms with van der Waals surface area (Å²) in [6, 6.07) is 6.83.